The first-order valence-electron chi connectivity index (χ1n) is 11.6. The molecule has 1 fully saturated rings. The number of hydrogen-bond donors (Lipinski definition) is 2. The lowest BCUT2D eigenvalue weighted by Gasteiger charge is -2.33. The molecular weight excluding hydrogens is 474 g/mol. The summed E-state index contributed by atoms with van der Waals surface area (Å²) >= 11 is 0. The molecular formula is C24H30F2N6O2S. The number of benzene rings is 1. The van der Waals surface area contributed by atoms with Crippen LogP contribution in [0.15, 0.2) is 34.9 Å². The molecule has 1 unspecified atom stereocenters. The summed E-state index contributed by atoms with van der Waals surface area (Å²) in [6.07, 6.45) is 3.20. The molecule has 1 amide bonds. The van der Waals surface area contributed by atoms with Crippen molar-refractivity contribution in [3.05, 3.63) is 47.5 Å². The van der Waals surface area contributed by atoms with Gasteiger partial charge in [0.2, 0.25) is 5.92 Å². The fourth-order valence-electron chi connectivity index (χ4n) is 4.16. The number of nitrogens with one attached hydrogen (secondary N) is 2. The van der Waals surface area contributed by atoms with Crippen LogP contribution in [0.5, 0.6) is 0 Å². The highest BCUT2D eigenvalue weighted by atomic mass is 32.2. The van der Waals surface area contributed by atoms with E-state index in [1.165, 1.54) is 10.9 Å². The summed E-state index contributed by atoms with van der Waals surface area (Å²) in [5, 5.41) is 7.04. The number of carbonyl (C=O) groups is 1. The standard InChI is InChI=1S/C24H30F2N6O2S/c1-23(2,3)35(34)28-14-15-5-6-17-18(13-15)30-21(29-17)20(16-7-10-24(25,26)11-8-16)31-22(33)19-9-12-27-32(19)4/h5-6,9,12-14,16,20H,7-8,10-11H2,1-4H3,(H,29,30)(H,31,33)/b28-14+/t20-,35?/m0/s1. The summed E-state index contributed by atoms with van der Waals surface area (Å²) in [6.45, 7) is 5.56. The van der Waals surface area contributed by atoms with E-state index in [4.69, 9.17) is 0 Å². The summed E-state index contributed by atoms with van der Waals surface area (Å²) in [7, 11) is 0.289. The molecule has 0 saturated heterocycles. The monoisotopic (exact) mass is 504 g/mol. The van der Waals surface area contributed by atoms with E-state index < -0.39 is 27.7 Å². The van der Waals surface area contributed by atoms with E-state index in [0.29, 0.717) is 22.6 Å². The quantitative estimate of drug-likeness (QED) is 0.483. The zero-order chi connectivity index (χ0) is 25.4. The highest BCUT2D eigenvalue weighted by Gasteiger charge is 2.39. The van der Waals surface area contributed by atoms with Gasteiger partial charge < -0.3 is 10.3 Å². The molecule has 35 heavy (non-hydrogen) atoms. The Labute approximate surface area is 205 Å². The second kappa shape index (κ2) is 9.60. The van der Waals surface area contributed by atoms with Gasteiger partial charge in [-0.3, -0.25) is 9.48 Å². The molecule has 1 aliphatic carbocycles. The average Bonchev–Trinajstić information content (AvgIpc) is 3.40. The van der Waals surface area contributed by atoms with Crippen LogP contribution in [-0.2, 0) is 18.0 Å². The summed E-state index contributed by atoms with van der Waals surface area (Å²) in [5.74, 6) is -2.70. The second-order valence-electron chi connectivity index (χ2n) is 9.98. The number of fused-ring (bicyclic) bond motifs is 1. The molecule has 0 aliphatic heterocycles. The number of aromatic amines is 1. The Morgan fingerprint density at radius 2 is 2.03 bits per heavy atom. The molecule has 8 nitrogen and oxygen atoms in total. The average molecular weight is 505 g/mol. The number of H-pyrrole nitrogens is 1. The normalized spacial score (nSPS) is 18.7. The molecule has 2 heterocycles. The first kappa shape index (κ1) is 25.2. The summed E-state index contributed by atoms with van der Waals surface area (Å²) in [6, 6.07) is 6.51. The van der Waals surface area contributed by atoms with E-state index in [-0.39, 0.29) is 37.5 Å². The van der Waals surface area contributed by atoms with Crippen LogP contribution in [0.25, 0.3) is 11.0 Å². The van der Waals surface area contributed by atoms with Crippen LogP contribution >= 0.6 is 0 Å². The number of carbonyl (C=O) groups excluding carboxylic acids is 1. The molecule has 4 rings (SSSR count). The van der Waals surface area contributed by atoms with Crippen molar-refractivity contribution >= 4 is 34.1 Å². The van der Waals surface area contributed by atoms with Gasteiger partial charge in [-0.05, 0) is 63.3 Å². The van der Waals surface area contributed by atoms with Crippen LogP contribution in [0.4, 0.5) is 8.78 Å². The fourth-order valence-corrected chi connectivity index (χ4v) is 4.69. The predicted molar refractivity (Wildman–Crippen MR) is 132 cm³/mol. The highest BCUT2D eigenvalue weighted by molar-refractivity contribution is 7.85. The third kappa shape index (κ3) is 5.83. The molecule has 1 aromatic carbocycles. The van der Waals surface area contributed by atoms with Crippen molar-refractivity contribution in [3.8, 4) is 0 Å². The maximum Gasteiger partial charge on any atom is 0.270 e. The Morgan fingerprint density at radius 3 is 2.66 bits per heavy atom. The predicted octanol–water partition coefficient (Wildman–Crippen LogP) is 4.47. The molecule has 0 bridgehead atoms. The van der Waals surface area contributed by atoms with Gasteiger partial charge in [0.25, 0.3) is 5.91 Å². The molecule has 0 radical (unpaired) electrons. The van der Waals surface area contributed by atoms with Crippen LogP contribution < -0.4 is 5.32 Å². The van der Waals surface area contributed by atoms with Crippen molar-refractivity contribution in [2.24, 2.45) is 17.4 Å². The maximum absolute atomic E-state index is 13.8. The van der Waals surface area contributed by atoms with E-state index in [1.807, 2.05) is 39.0 Å². The van der Waals surface area contributed by atoms with E-state index in [0.717, 1.165) is 5.56 Å². The zero-order valence-corrected chi connectivity index (χ0v) is 21.0. The topological polar surface area (TPSA) is 105 Å². The molecule has 2 atom stereocenters. The van der Waals surface area contributed by atoms with E-state index >= 15 is 0 Å². The molecule has 1 aliphatic rings. The van der Waals surface area contributed by atoms with Gasteiger partial charge in [0.1, 0.15) is 22.5 Å². The number of amides is 1. The van der Waals surface area contributed by atoms with Crippen LogP contribution in [0.2, 0.25) is 0 Å². The number of halogens is 2. The third-order valence-corrected chi connectivity index (χ3v) is 7.56. The molecule has 1 saturated carbocycles. The smallest absolute Gasteiger partial charge is 0.270 e. The Kier molecular flexibility index (Phi) is 6.90. The number of aromatic nitrogens is 4. The van der Waals surface area contributed by atoms with Crippen molar-refractivity contribution in [1.82, 2.24) is 25.1 Å². The van der Waals surface area contributed by atoms with Crippen LogP contribution in [0, 0.1) is 5.92 Å². The fraction of sp³-hybridized carbons (Fsp3) is 0.500. The Hall–Kier alpha value is -2.95. The number of hydrogen-bond acceptors (Lipinski definition) is 4. The molecule has 3 aromatic rings. The Balaban J connectivity index is 1.63. The maximum atomic E-state index is 13.8. The van der Waals surface area contributed by atoms with Gasteiger partial charge in [0, 0.05) is 32.3 Å². The molecule has 0 spiro atoms. The van der Waals surface area contributed by atoms with E-state index in [1.54, 1.807) is 19.3 Å². The van der Waals surface area contributed by atoms with Gasteiger partial charge in [-0.1, -0.05) is 6.07 Å². The van der Waals surface area contributed by atoms with Crippen molar-refractivity contribution in [1.29, 1.82) is 0 Å². The summed E-state index contributed by atoms with van der Waals surface area (Å²) in [5.41, 5.74) is 2.51. The number of nitrogens with zero attached hydrogens (tertiary/aromatic N) is 4. The lowest BCUT2D eigenvalue weighted by molar-refractivity contribution is -0.0496. The largest absolute Gasteiger partial charge is 0.340 e. The van der Waals surface area contributed by atoms with Gasteiger partial charge in [-0.15, -0.1) is 0 Å². The first-order valence-corrected chi connectivity index (χ1v) is 12.7. The number of rotatable bonds is 6. The molecule has 2 N–H and O–H groups in total. The van der Waals surface area contributed by atoms with Gasteiger partial charge >= 0.3 is 0 Å². The van der Waals surface area contributed by atoms with Gasteiger partial charge in [-0.2, -0.15) is 9.50 Å². The third-order valence-electron chi connectivity index (χ3n) is 6.21. The van der Waals surface area contributed by atoms with Crippen molar-refractivity contribution in [2.45, 2.75) is 63.2 Å². The summed E-state index contributed by atoms with van der Waals surface area (Å²) < 4.78 is 45.1. The molecule has 11 heteroatoms. The Morgan fingerprint density at radius 1 is 1.31 bits per heavy atom. The van der Waals surface area contributed by atoms with Crippen LogP contribution in [0.3, 0.4) is 0 Å². The number of imidazole rings is 1. The summed E-state index contributed by atoms with van der Waals surface area (Å²) in [4.78, 5) is 20.9. The first-order chi connectivity index (χ1) is 16.4. The minimum Gasteiger partial charge on any atom is -0.340 e. The van der Waals surface area contributed by atoms with Crippen molar-refractivity contribution in [3.63, 3.8) is 0 Å². The van der Waals surface area contributed by atoms with E-state index in [2.05, 4.69) is 24.8 Å². The number of aryl methyl sites for hydroxylation is 1. The van der Waals surface area contributed by atoms with Gasteiger partial charge in [0.15, 0.2) is 0 Å². The molecule has 2 aromatic heterocycles. The highest BCUT2D eigenvalue weighted by Crippen LogP contribution is 2.41. The lowest BCUT2D eigenvalue weighted by Crippen LogP contribution is -2.38. The second-order valence-corrected chi connectivity index (χ2v) is 11.9. The van der Waals surface area contributed by atoms with Gasteiger partial charge in [-0.25, -0.2) is 18.0 Å². The van der Waals surface area contributed by atoms with E-state index in [9.17, 15) is 17.8 Å². The van der Waals surface area contributed by atoms with Crippen LogP contribution in [0.1, 0.15) is 74.4 Å². The zero-order valence-electron chi connectivity index (χ0n) is 20.2. The lowest BCUT2D eigenvalue weighted by atomic mass is 9.81. The van der Waals surface area contributed by atoms with Crippen molar-refractivity contribution < 1.29 is 17.8 Å². The van der Waals surface area contributed by atoms with Gasteiger partial charge in [0.05, 0.1) is 21.8 Å². The number of alkyl halides is 2. The van der Waals surface area contributed by atoms with Crippen LogP contribution in [-0.4, -0.2) is 46.7 Å². The van der Waals surface area contributed by atoms with Crippen molar-refractivity contribution in [2.75, 3.05) is 0 Å². The minimum absolute atomic E-state index is 0.192. The SMILES string of the molecule is Cn1nccc1C(=O)N[C@H](c1nc2ccc(/C=N/S(=O)C(C)(C)C)cc2[nH]1)C1CCC(F)(F)CC1. The molecule has 188 valence electrons. The minimum atomic E-state index is -2.68. The Bertz CT molecular complexity index is 1270.